The molecule has 1 heterocycles. The SMILES string of the molecule is CNC(CN(C)C)c1ccc(C#N)c(CN2CCNCC2c2ccc(OC)c(OC)c2)c1. The number of benzene rings is 2. The molecule has 32 heavy (non-hydrogen) atoms. The highest BCUT2D eigenvalue weighted by atomic mass is 16.5. The molecule has 1 aliphatic rings. The molecule has 0 aromatic heterocycles. The number of methoxy groups -OCH3 is 2. The molecule has 2 unspecified atom stereocenters. The molecule has 2 aromatic rings. The zero-order valence-electron chi connectivity index (χ0n) is 19.8. The molecule has 0 amide bonds. The number of nitriles is 1. The molecule has 2 N–H and O–H groups in total. The topological polar surface area (TPSA) is 72.8 Å². The van der Waals surface area contributed by atoms with Crippen LogP contribution in [0.15, 0.2) is 36.4 Å². The molecule has 0 saturated carbocycles. The predicted octanol–water partition coefficient (Wildman–Crippen LogP) is 2.54. The molecule has 2 aromatic carbocycles. The Morgan fingerprint density at radius 3 is 2.62 bits per heavy atom. The van der Waals surface area contributed by atoms with Gasteiger partial charge < -0.3 is 25.0 Å². The summed E-state index contributed by atoms with van der Waals surface area (Å²) in [5, 5.41) is 16.7. The minimum Gasteiger partial charge on any atom is -0.493 e. The molecule has 2 atom stereocenters. The van der Waals surface area contributed by atoms with E-state index in [4.69, 9.17) is 9.47 Å². The van der Waals surface area contributed by atoms with Crippen LogP contribution in [-0.4, -0.2) is 71.3 Å². The van der Waals surface area contributed by atoms with E-state index >= 15 is 0 Å². The zero-order valence-corrected chi connectivity index (χ0v) is 19.8. The quantitative estimate of drug-likeness (QED) is 0.625. The first-order valence-electron chi connectivity index (χ1n) is 11.0. The summed E-state index contributed by atoms with van der Waals surface area (Å²) < 4.78 is 10.9. The molecule has 0 radical (unpaired) electrons. The van der Waals surface area contributed by atoms with E-state index in [1.807, 2.05) is 19.2 Å². The van der Waals surface area contributed by atoms with E-state index in [-0.39, 0.29) is 12.1 Å². The van der Waals surface area contributed by atoms with Gasteiger partial charge in [0.05, 0.1) is 25.9 Å². The summed E-state index contributed by atoms with van der Waals surface area (Å²) in [6, 6.07) is 15.1. The van der Waals surface area contributed by atoms with Gasteiger partial charge >= 0.3 is 0 Å². The first kappa shape index (κ1) is 24.0. The lowest BCUT2D eigenvalue weighted by Crippen LogP contribution is -2.45. The van der Waals surface area contributed by atoms with Crippen molar-refractivity contribution in [3.05, 3.63) is 58.7 Å². The van der Waals surface area contributed by atoms with Crippen molar-refractivity contribution in [2.24, 2.45) is 0 Å². The van der Waals surface area contributed by atoms with Crippen molar-refractivity contribution in [1.29, 1.82) is 5.26 Å². The number of hydrogen-bond donors (Lipinski definition) is 2. The maximum absolute atomic E-state index is 9.75. The first-order chi connectivity index (χ1) is 15.5. The van der Waals surface area contributed by atoms with Gasteiger partial charge in [-0.05, 0) is 56.0 Å². The summed E-state index contributed by atoms with van der Waals surface area (Å²) in [6.45, 7) is 4.28. The molecule has 7 heteroatoms. The molecular formula is C25H35N5O2. The van der Waals surface area contributed by atoms with Gasteiger partial charge in [-0.2, -0.15) is 5.26 Å². The van der Waals surface area contributed by atoms with E-state index in [0.29, 0.717) is 0 Å². The van der Waals surface area contributed by atoms with Crippen LogP contribution in [0.2, 0.25) is 0 Å². The van der Waals surface area contributed by atoms with Gasteiger partial charge in [0.25, 0.3) is 0 Å². The summed E-state index contributed by atoms with van der Waals surface area (Å²) in [4.78, 5) is 4.61. The highest BCUT2D eigenvalue weighted by Gasteiger charge is 2.26. The van der Waals surface area contributed by atoms with E-state index < -0.39 is 0 Å². The van der Waals surface area contributed by atoms with Crippen LogP contribution in [-0.2, 0) is 6.54 Å². The van der Waals surface area contributed by atoms with Crippen LogP contribution < -0.4 is 20.1 Å². The maximum atomic E-state index is 9.75. The fourth-order valence-electron chi connectivity index (χ4n) is 4.34. The lowest BCUT2D eigenvalue weighted by atomic mass is 9.97. The van der Waals surface area contributed by atoms with Crippen LogP contribution in [0.1, 0.15) is 34.3 Å². The van der Waals surface area contributed by atoms with Gasteiger partial charge in [-0.25, -0.2) is 0 Å². The van der Waals surface area contributed by atoms with Crippen LogP contribution in [0.5, 0.6) is 11.5 Å². The number of nitrogens with one attached hydrogen (secondary N) is 2. The van der Waals surface area contributed by atoms with Gasteiger partial charge in [-0.3, -0.25) is 4.90 Å². The minimum absolute atomic E-state index is 0.181. The standard InChI is InChI=1S/C25H35N5O2/c1-27-22(17-29(2)3)18-6-7-20(14-26)21(12-18)16-30-11-10-28-15-23(30)19-8-9-24(31-4)25(13-19)32-5/h6-9,12-13,22-23,27-28H,10-11,15-17H2,1-5H3. The second kappa shape index (κ2) is 11.3. The first-order valence-corrected chi connectivity index (χ1v) is 11.0. The molecule has 0 aliphatic carbocycles. The largest absolute Gasteiger partial charge is 0.493 e. The van der Waals surface area contributed by atoms with Crippen molar-refractivity contribution in [2.45, 2.75) is 18.6 Å². The molecule has 1 saturated heterocycles. The Morgan fingerprint density at radius 2 is 1.97 bits per heavy atom. The monoisotopic (exact) mass is 437 g/mol. The number of nitrogens with zero attached hydrogens (tertiary/aromatic N) is 3. The third kappa shape index (κ3) is 5.59. The van der Waals surface area contributed by atoms with Gasteiger partial charge in [0.15, 0.2) is 11.5 Å². The van der Waals surface area contributed by atoms with Crippen molar-refractivity contribution in [1.82, 2.24) is 20.4 Å². The number of likely N-dealkylation sites (N-methyl/N-ethyl adjacent to an activating group) is 2. The number of rotatable bonds is 9. The highest BCUT2D eigenvalue weighted by molar-refractivity contribution is 5.45. The maximum Gasteiger partial charge on any atom is 0.161 e. The van der Waals surface area contributed by atoms with Crippen LogP contribution in [0.25, 0.3) is 0 Å². The molecular weight excluding hydrogens is 402 g/mol. The molecule has 1 aliphatic heterocycles. The highest BCUT2D eigenvalue weighted by Crippen LogP contribution is 2.33. The van der Waals surface area contributed by atoms with Crippen molar-refractivity contribution in [3.8, 4) is 17.6 Å². The van der Waals surface area contributed by atoms with E-state index in [2.05, 4.69) is 64.9 Å². The van der Waals surface area contributed by atoms with E-state index in [0.717, 1.165) is 55.3 Å². The van der Waals surface area contributed by atoms with Gasteiger partial charge in [0.2, 0.25) is 0 Å². The smallest absolute Gasteiger partial charge is 0.161 e. The average molecular weight is 438 g/mol. The molecule has 1 fully saturated rings. The fourth-order valence-corrected chi connectivity index (χ4v) is 4.34. The molecule has 172 valence electrons. The van der Waals surface area contributed by atoms with Gasteiger partial charge in [0.1, 0.15) is 0 Å². The second-order valence-corrected chi connectivity index (χ2v) is 8.44. The van der Waals surface area contributed by atoms with E-state index in [1.54, 1.807) is 14.2 Å². The Bertz CT molecular complexity index is 940. The summed E-state index contributed by atoms with van der Waals surface area (Å²) in [5.74, 6) is 1.46. The lowest BCUT2D eigenvalue weighted by molar-refractivity contribution is 0.153. The Kier molecular flexibility index (Phi) is 8.48. The van der Waals surface area contributed by atoms with Gasteiger partial charge in [-0.1, -0.05) is 18.2 Å². The number of hydrogen-bond acceptors (Lipinski definition) is 7. The zero-order chi connectivity index (χ0) is 23.1. The Balaban J connectivity index is 1.90. The summed E-state index contributed by atoms with van der Waals surface area (Å²) in [7, 11) is 9.44. The summed E-state index contributed by atoms with van der Waals surface area (Å²) >= 11 is 0. The van der Waals surface area contributed by atoms with Gasteiger partial charge in [-0.15, -0.1) is 0 Å². The number of piperazine rings is 1. The van der Waals surface area contributed by atoms with E-state index in [1.165, 1.54) is 11.1 Å². The van der Waals surface area contributed by atoms with Crippen molar-refractivity contribution in [3.63, 3.8) is 0 Å². The van der Waals surface area contributed by atoms with Crippen LogP contribution in [0.4, 0.5) is 0 Å². The van der Waals surface area contributed by atoms with Crippen molar-refractivity contribution in [2.75, 3.05) is 61.5 Å². The van der Waals surface area contributed by atoms with E-state index in [9.17, 15) is 5.26 Å². The Morgan fingerprint density at radius 1 is 1.19 bits per heavy atom. The van der Waals surface area contributed by atoms with Crippen LogP contribution >= 0.6 is 0 Å². The van der Waals surface area contributed by atoms with Crippen molar-refractivity contribution >= 4 is 0 Å². The summed E-state index contributed by atoms with van der Waals surface area (Å²) in [6.07, 6.45) is 0. The third-order valence-corrected chi connectivity index (χ3v) is 6.07. The fraction of sp³-hybridized carbons (Fsp3) is 0.480. The third-order valence-electron chi connectivity index (χ3n) is 6.07. The Hall–Kier alpha value is -2.63. The molecule has 3 rings (SSSR count). The predicted molar refractivity (Wildman–Crippen MR) is 127 cm³/mol. The second-order valence-electron chi connectivity index (χ2n) is 8.44. The minimum atomic E-state index is 0.181. The number of ether oxygens (including phenoxy) is 2. The molecule has 0 bridgehead atoms. The average Bonchev–Trinajstić information content (AvgIpc) is 2.82. The molecule has 0 spiro atoms. The molecule has 7 nitrogen and oxygen atoms in total. The normalized spacial score (nSPS) is 17.7. The Labute approximate surface area is 191 Å². The lowest BCUT2D eigenvalue weighted by Gasteiger charge is -2.37. The summed E-state index contributed by atoms with van der Waals surface area (Å²) in [5.41, 5.74) is 4.17. The van der Waals surface area contributed by atoms with Gasteiger partial charge in [0, 0.05) is 44.8 Å². The van der Waals surface area contributed by atoms with Crippen LogP contribution in [0, 0.1) is 11.3 Å². The van der Waals surface area contributed by atoms with Crippen molar-refractivity contribution < 1.29 is 9.47 Å². The van der Waals surface area contributed by atoms with Crippen LogP contribution in [0.3, 0.4) is 0 Å².